The van der Waals surface area contributed by atoms with Gasteiger partial charge in [0.2, 0.25) is 0 Å². The lowest BCUT2D eigenvalue weighted by molar-refractivity contribution is 0.645. The van der Waals surface area contributed by atoms with Gasteiger partial charge in [-0.3, -0.25) is 0 Å². The molecular formula is C13H19BrN2S. The lowest BCUT2D eigenvalue weighted by Crippen LogP contribution is -2.19. The number of thiocarbonyl (C=S) groups is 1. The Balaban J connectivity index is 2.79. The fourth-order valence-electron chi connectivity index (χ4n) is 1.69. The van der Waals surface area contributed by atoms with Crippen LogP contribution in [0.5, 0.6) is 0 Å². The van der Waals surface area contributed by atoms with Crippen molar-refractivity contribution in [2.75, 3.05) is 5.32 Å². The number of anilines is 1. The lowest BCUT2D eigenvalue weighted by atomic mass is 10.1. The van der Waals surface area contributed by atoms with Crippen molar-refractivity contribution in [2.45, 2.75) is 39.2 Å². The van der Waals surface area contributed by atoms with Crippen LogP contribution in [0.15, 0.2) is 22.7 Å². The quantitative estimate of drug-likeness (QED) is 0.777. The lowest BCUT2D eigenvalue weighted by Gasteiger charge is -2.17. The van der Waals surface area contributed by atoms with Crippen LogP contribution in [-0.2, 0) is 0 Å². The highest BCUT2D eigenvalue weighted by atomic mass is 79.9. The van der Waals surface area contributed by atoms with Crippen molar-refractivity contribution in [2.24, 2.45) is 5.73 Å². The molecule has 0 aliphatic carbocycles. The van der Waals surface area contributed by atoms with E-state index in [-0.39, 0.29) is 0 Å². The minimum absolute atomic E-state index is 0.427. The van der Waals surface area contributed by atoms with Crippen LogP contribution < -0.4 is 11.1 Å². The predicted molar refractivity (Wildman–Crippen MR) is 82.6 cm³/mol. The summed E-state index contributed by atoms with van der Waals surface area (Å²) in [6.45, 7) is 4.38. The Morgan fingerprint density at radius 3 is 2.82 bits per heavy atom. The summed E-state index contributed by atoms with van der Waals surface area (Å²) in [5.41, 5.74) is 7.65. The van der Waals surface area contributed by atoms with Crippen molar-refractivity contribution in [3.05, 3.63) is 28.2 Å². The molecule has 1 aromatic rings. The van der Waals surface area contributed by atoms with E-state index >= 15 is 0 Å². The fourth-order valence-corrected chi connectivity index (χ4v) is 2.22. The molecule has 0 bridgehead atoms. The minimum atomic E-state index is 0.427. The van der Waals surface area contributed by atoms with Crippen LogP contribution in [0, 0.1) is 0 Å². The zero-order valence-corrected chi connectivity index (χ0v) is 12.7. The highest BCUT2D eigenvalue weighted by molar-refractivity contribution is 9.10. The van der Waals surface area contributed by atoms with Gasteiger partial charge in [0.05, 0.1) is 0 Å². The number of unbranched alkanes of at least 4 members (excludes halogenated alkanes) is 1. The molecule has 4 heteroatoms. The van der Waals surface area contributed by atoms with Gasteiger partial charge in [0, 0.05) is 21.8 Å². The topological polar surface area (TPSA) is 38.0 Å². The highest BCUT2D eigenvalue weighted by Gasteiger charge is 2.08. The smallest absolute Gasteiger partial charge is 0.106 e. The van der Waals surface area contributed by atoms with Gasteiger partial charge in [0.1, 0.15) is 4.99 Å². The van der Waals surface area contributed by atoms with Crippen LogP contribution in [0.1, 0.15) is 38.7 Å². The van der Waals surface area contributed by atoms with E-state index in [1.165, 1.54) is 12.8 Å². The molecule has 1 rings (SSSR count). The summed E-state index contributed by atoms with van der Waals surface area (Å²) in [6, 6.07) is 6.40. The van der Waals surface area contributed by atoms with Crippen molar-refractivity contribution in [1.82, 2.24) is 0 Å². The Hall–Kier alpha value is -0.610. The second kappa shape index (κ2) is 6.97. The number of rotatable bonds is 6. The molecule has 0 fully saturated rings. The molecule has 3 N–H and O–H groups in total. The summed E-state index contributed by atoms with van der Waals surface area (Å²) in [4.78, 5) is 0.427. The second-order valence-corrected chi connectivity index (χ2v) is 5.60. The van der Waals surface area contributed by atoms with Gasteiger partial charge in [-0.2, -0.15) is 0 Å². The van der Waals surface area contributed by atoms with E-state index in [2.05, 4.69) is 35.1 Å². The van der Waals surface area contributed by atoms with E-state index in [1.807, 2.05) is 18.2 Å². The molecule has 0 radical (unpaired) electrons. The third-order valence-electron chi connectivity index (χ3n) is 2.64. The largest absolute Gasteiger partial charge is 0.389 e. The maximum absolute atomic E-state index is 5.73. The molecule has 0 aliphatic rings. The Morgan fingerprint density at radius 1 is 1.53 bits per heavy atom. The molecular weight excluding hydrogens is 296 g/mol. The maximum Gasteiger partial charge on any atom is 0.106 e. The van der Waals surface area contributed by atoms with E-state index in [0.717, 1.165) is 22.1 Å². The average molecular weight is 315 g/mol. The van der Waals surface area contributed by atoms with Crippen LogP contribution in [0.2, 0.25) is 0 Å². The van der Waals surface area contributed by atoms with Gasteiger partial charge < -0.3 is 11.1 Å². The molecule has 1 unspecified atom stereocenters. The second-order valence-electron chi connectivity index (χ2n) is 4.24. The van der Waals surface area contributed by atoms with E-state index < -0.39 is 0 Å². The number of benzene rings is 1. The molecule has 0 spiro atoms. The Bertz CT molecular complexity index is 393. The Morgan fingerprint density at radius 2 is 2.24 bits per heavy atom. The zero-order chi connectivity index (χ0) is 12.8. The maximum atomic E-state index is 5.73. The SMILES string of the molecule is CCCCC(C)Nc1ccc(Br)cc1C(N)=S. The van der Waals surface area contributed by atoms with Gasteiger partial charge in [-0.15, -0.1) is 0 Å². The normalized spacial score (nSPS) is 12.2. The van der Waals surface area contributed by atoms with Crippen molar-refractivity contribution >= 4 is 38.8 Å². The number of nitrogens with two attached hydrogens (primary N) is 1. The number of halogens is 1. The molecule has 2 nitrogen and oxygen atoms in total. The van der Waals surface area contributed by atoms with E-state index in [0.29, 0.717) is 11.0 Å². The Labute approximate surface area is 117 Å². The standard InChI is InChI=1S/C13H19BrN2S/c1-3-4-5-9(2)16-12-7-6-10(14)8-11(12)13(15)17/h6-9,16H,3-5H2,1-2H3,(H2,15,17). The molecule has 0 saturated carbocycles. The van der Waals surface area contributed by atoms with Crippen molar-refractivity contribution in [1.29, 1.82) is 0 Å². The first-order chi connectivity index (χ1) is 8.04. The van der Waals surface area contributed by atoms with Crippen molar-refractivity contribution in [3.63, 3.8) is 0 Å². The van der Waals surface area contributed by atoms with Crippen LogP contribution in [0.4, 0.5) is 5.69 Å². The average Bonchev–Trinajstić information content (AvgIpc) is 2.28. The molecule has 94 valence electrons. The van der Waals surface area contributed by atoms with E-state index in [4.69, 9.17) is 18.0 Å². The monoisotopic (exact) mass is 314 g/mol. The summed E-state index contributed by atoms with van der Waals surface area (Å²) in [5, 5.41) is 3.47. The molecule has 1 atom stereocenters. The minimum Gasteiger partial charge on any atom is -0.389 e. The first-order valence-corrected chi connectivity index (χ1v) is 7.10. The third kappa shape index (κ3) is 4.64. The van der Waals surface area contributed by atoms with Gasteiger partial charge in [-0.05, 0) is 31.5 Å². The molecule has 17 heavy (non-hydrogen) atoms. The van der Waals surface area contributed by atoms with Gasteiger partial charge in [0.25, 0.3) is 0 Å². The molecule has 0 heterocycles. The van der Waals surface area contributed by atoms with Gasteiger partial charge in [-0.25, -0.2) is 0 Å². The number of hydrogen-bond acceptors (Lipinski definition) is 2. The zero-order valence-electron chi connectivity index (χ0n) is 10.3. The third-order valence-corrected chi connectivity index (χ3v) is 3.35. The summed E-state index contributed by atoms with van der Waals surface area (Å²) < 4.78 is 0.993. The first kappa shape index (κ1) is 14.5. The first-order valence-electron chi connectivity index (χ1n) is 5.90. The van der Waals surface area contributed by atoms with Gasteiger partial charge in [0.15, 0.2) is 0 Å². The van der Waals surface area contributed by atoms with Crippen LogP contribution >= 0.6 is 28.1 Å². The van der Waals surface area contributed by atoms with Crippen molar-refractivity contribution < 1.29 is 0 Å². The summed E-state index contributed by atoms with van der Waals surface area (Å²) >= 11 is 8.50. The van der Waals surface area contributed by atoms with E-state index in [9.17, 15) is 0 Å². The summed E-state index contributed by atoms with van der Waals surface area (Å²) in [5.74, 6) is 0. The van der Waals surface area contributed by atoms with Gasteiger partial charge >= 0.3 is 0 Å². The van der Waals surface area contributed by atoms with Crippen LogP contribution in [0.3, 0.4) is 0 Å². The fraction of sp³-hybridized carbons (Fsp3) is 0.462. The van der Waals surface area contributed by atoms with Crippen molar-refractivity contribution in [3.8, 4) is 0 Å². The molecule has 0 amide bonds. The molecule has 1 aromatic carbocycles. The highest BCUT2D eigenvalue weighted by Crippen LogP contribution is 2.22. The number of hydrogen-bond donors (Lipinski definition) is 2. The molecule has 0 aromatic heterocycles. The summed E-state index contributed by atoms with van der Waals surface area (Å²) in [6.07, 6.45) is 3.60. The number of nitrogens with one attached hydrogen (secondary N) is 1. The molecule has 0 aliphatic heterocycles. The predicted octanol–water partition coefficient (Wildman–Crippen LogP) is 4.07. The Kier molecular flexibility index (Phi) is 5.92. The van der Waals surface area contributed by atoms with Crippen LogP contribution in [-0.4, -0.2) is 11.0 Å². The van der Waals surface area contributed by atoms with Crippen LogP contribution in [0.25, 0.3) is 0 Å². The molecule has 0 saturated heterocycles. The van der Waals surface area contributed by atoms with E-state index in [1.54, 1.807) is 0 Å². The summed E-state index contributed by atoms with van der Waals surface area (Å²) in [7, 11) is 0. The van der Waals surface area contributed by atoms with Gasteiger partial charge in [-0.1, -0.05) is 47.9 Å².